The van der Waals surface area contributed by atoms with E-state index in [0.29, 0.717) is 0 Å². The van der Waals surface area contributed by atoms with E-state index in [2.05, 4.69) is 11.2 Å². The third-order valence-electron chi connectivity index (χ3n) is 1.98. The summed E-state index contributed by atoms with van der Waals surface area (Å²) in [6.07, 6.45) is 8.60. The van der Waals surface area contributed by atoms with Crippen LogP contribution in [0.25, 0.3) is 0 Å². The lowest BCUT2D eigenvalue weighted by Gasteiger charge is -2.21. The van der Waals surface area contributed by atoms with Crippen LogP contribution < -0.4 is 5.32 Å². The zero-order valence-corrected chi connectivity index (χ0v) is 6.60. The van der Waals surface area contributed by atoms with E-state index in [1.165, 1.54) is 6.42 Å². The van der Waals surface area contributed by atoms with Crippen molar-refractivity contribution in [1.82, 2.24) is 5.32 Å². The molecule has 2 nitrogen and oxygen atoms in total. The van der Waals surface area contributed by atoms with E-state index in [1.807, 2.05) is 0 Å². The number of piperidine rings is 1. The molecule has 0 aliphatic carbocycles. The molecule has 0 bridgehead atoms. The maximum Gasteiger partial charge on any atom is 0.161 e. The fourth-order valence-corrected chi connectivity index (χ4v) is 1.35. The van der Waals surface area contributed by atoms with Crippen LogP contribution in [0.15, 0.2) is 0 Å². The third-order valence-corrected chi connectivity index (χ3v) is 1.98. The van der Waals surface area contributed by atoms with Gasteiger partial charge in [-0.3, -0.25) is 4.79 Å². The Balaban J connectivity index is 2.34. The first kappa shape index (κ1) is 8.29. The average molecular weight is 151 g/mol. The summed E-state index contributed by atoms with van der Waals surface area (Å²) in [5.74, 6) is 2.55. The van der Waals surface area contributed by atoms with Crippen LogP contribution in [0.1, 0.15) is 25.7 Å². The van der Waals surface area contributed by atoms with Crippen LogP contribution in [0.5, 0.6) is 0 Å². The van der Waals surface area contributed by atoms with Crippen LogP contribution in [0.2, 0.25) is 0 Å². The molecule has 0 aromatic heterocycles. The van der Waals surface area contributed by atoms with Crippen molar-refractivity contribution in [3.63, 3.8) is 0 Å². The van der Waals surface area contributed by atoms with Crippen LogP contribution in [0.4, 0.5) is 0 Å². The highest BCUT2D eigenvalue weighted by Crippen LogP contribution is 2.08. The van der Waals surface area contributed by atoms with Gasteiger partial charge in [0, 0.05) is 0 Å². The Bertz CT molecular complexity index is 174. The first-order valence-corrected chi connectivity index (χ1v) is 4.04. The summed E-state index contributed by atoms with van der Waals surface area (Å²) in [7, 11) is 0. The minimum atomic E-state index is 0.0415. The monoisotopic (exact) mass is 151 g/mol. The Hall–Kier alpha value is -0.810. The normalized spacial score (nSPS) is 24.1. The van der Waals surface area contributed by atoms with Crippen molar-refractivity contribution in [2.24, 2.45) is 0 Å². The summed E-state index contributed by atoms with van der Waals surface area (Å²) in [5, 5.41) is 3.16. The first-order valence-electron chi connectivity index (χ1n) is 4.04. The van der Waals surface area contributed by atoms with Gasteiger partial charge in [0.05, 0.1) is 12.5 Å². The molecule has 1 atom stereocenters. The molecule has 0 unspecified atom stereocenters. The molecule has 0 spiro atoms. The molecule has 0 aromatic rings. The summed E-state index contributed by atoms with van der Waals surface area (Å²) < 4.78 is 0. The second kappa shape index (κ2) is 4.15. The molecule has 1 aliphatic rings. The molecule has 0 aromatic carbocycles. The first-order chi connectivity index (χ1) is 5.34. The molecule has 0 saturated carbocycles. The number of rotatable bonds is 2. The molecular weight excluding hydrogens is 138 g/mol. The van der Waals surface area contributed by atoms with Crippen molar-refractivity contribution in [2.75, 3.05) is 6.54 Å². The summed E-state index contributed by atoms with van der Waals surface area (Å²) in [5.41, 5.74) is 0. The molecule has 1 rings (SSSR count). The van der Waals surface area contributed by atoms with Gasteiger partial charge in [-0.05, 0) is 19.4 Å². The molecule has 11 heavy (non-hydrogen) atoms. The van der Waals surface area contributed by atoms with E-state index in [-0.39, 0.29) is 18.2 Å². The van der Waals surface area contributed by atoms with Crippen molar-refractivity contribution >= 4 is 5.78 Å². The predicted molar refractivity (Wildman–Crippen MR) is 44.1 cm³/mol. The van der Waals surface area contributed by atoms with E-state index in [4.69, 9.17) is 6.42 Å². The van der Waals surface area contributed by atoms with E-state index in [0.717, 1.165) is 19.4 Å². The van der Waals surface area contributed by atoms with Crippen molar-refractivity contribution in [3.8, 4) is 12.3 Å². The Morgan fingerprint density at radius 1 is 1.64 bits per heavy atom. The van der Waals surface area contributed by atoms with Crippen molar-refractivity contribution in [3.05, 3.63) is 0 Å². The lowest BCUT2D eigenvalue weighted by Crippen LogP contribution is -2.40. The van der Waals surface area contributed by atoms with Crippen LogP contribution in [0, 0.1) is 12.3 Å². The molecule has 1 aliphatic heterocycles. The van der Waals surface area contributed by atoms with Crippen LogP contribution in [0.3, 0.4) is 0 Å². The van der Waals surface area contributed by atoms with Crippen molar-refractivity contribution < 1.29 is 4.79 Å². The van der Waals surface area contributed by atoms with Gasteiger partial charge in [-0.25, -0.2) is 0 Å². The SMILES string of the molecule is C#CCC(=O)[C@@H]1CCCCN1. The molecule has 2 heteroatoms. The molecular formula is C9H13NO. The summed E-state index contributed by atoms with van der Waals surface area (Å²) in [6, 6.07) is 0.0415. The standard InChI is InChI=1S/C9H13NO/c1-2-5-9(11)8-6-3-4-7-10-8/h1,8,10H,3-7H2/t8-/m0/s1. The zero-order chi connectivity index (χ0) is 8.10. The maximum atomic E-state index is 11.2. The summed E-state index contributed by atoms with van der Waals surface area (Å²) in [4.78, 5) is 11.2. The van der Waals surface area contributed by atoms with Gasteiger partial charge in [-0.2, -0.15) is 0 Å². The highest BCUT2D eigenvalue weighted by Gasteiger charge is 2.18. The number of nitrogens with one attached hydrogen (secondary N) is 1. The molecule has 1 heterocycles. The highest BCUT2D eigenvalue weighted by molar-refractivity contribution is 5.86. The van der Waals surface area contributed by atoms with Crippen LogP contribution in [-0.2, 0) is 4.79 Å². The Morgan fingerprint density at radius 3 is 3.00 bits per heavy atom. The number of carbonyl (C=O) groups excluding carboxylic acids is 1. The summed E-state index contributed by atoms with van der Waals surface area (Å²) in [6.45, 7) is 0.959. The van der Waals surface area contributed by atoms with Gasteiger partial charge < -0.3 is 5.32 Å². The molecule has 60 valence electrons. The predicted octanol–water partition coefficient (Wildman–Crippen LogP) is 0.721. The quantitative estimate of drug-likeness (QED) is 0.589. The third kappa shape index (κ3) is 2.36. The lowest BCUT2D eigenvalue weighted by molar-refractivity contribution is -0.120. The van der Waals surface area contributed by atoms with Gasteiger partial charge in [0.25, 0.3) is 0 Å². The van der Waals surface area contributed by atoms with Crippen molar-refractivity contribution in [1.29, 1.82) is 0 Å². The average Bonchev–Trinajstić information content (AvgIpc) is 2.07. The minimum absolute atomic E-state index is 0.0415. The van der Waals surface area contributed by atoms with Gasteiger partial charge in [-0.15, -0.1) is 6.42 Å². The smallest absolute Gasteiger partial charge is 0.161 e. The van der Waals surface area contributed by atoms with Crippen LogP contribution in [-0.4, -0.2) is 18.4 Å². The highest BCUT2D eigenvalue weighted by atomic mass is 16.1. The summed E-state index contributed by atoms with van der Waals surface area (Å²) >= 11 is 0. The Kier molecular flexibility index (Phi) is 3.13. The second-order valence-electron chi connectivity index (χ2n) is 2.85. The van der Waals surface area contributed by atoms with Gasteiger partial charge in [0.15, 0.2) is 5.78 Å². The number of hydrogen-bond donors (Lipinski definition) is 1. The second-order valence-corrected chi connectivity index (χ2v) is 2.85. The van der Waals surface area contributed by atoms with E-state index < -0.39 is 0 Å². The van der Waals surface area contributed by atoms with Crippen molar-refractivity contribution in [2.45, 2.75) is 31.7 Å². The Labute approximate surface area is 67.4 Å². The van der Waals surface area contributed by atoms with Gasteiger partial charge in [0.1, 0.15) is 0 Å². The molecule has 1 fully saturated rings. The van der Waals surface area contributed by atoms with Gasteiger partial charge >= 0.3 is 0 Å². The number of terminal acetylenes is 1. The van der Waals surface area contributed by atoms with E-state index in [1.54, 1.807) is 0 Å². The van der Waals surface area contributed by atoms with E-state index in [9.17, 15) is 4.79 Å². The van der Waals surface area contributed by atoms with Gasteiger partial charge in [0.2, 0.25) is 0 Å². The molecule has 0 amide bonds. The minimum Gasteiger partial charge on any atom is -0.307 e. The fraction of sp³-hybridized carbons (Fsp3) is 0.667. The molecule has 1 saturated heterocycles. The lowest BCUT2D eigenvalue weighted by atomic mass is 10.00. The number of hydrogen-bond acceptors (Lipinski definition) is 2. The zero-order valence-electron chi connectivity index (χ0n) is 6.60. The number of ketones is 1. The van der Waals surface area contributed by atoms with Crippen LogP contribution >= 0.6 is 0 Å². The largest absolute Gasteiger partial charge is 0.307 e. The number of Topliss-reactive ketones (excluding diaryl/α,β-unsaturated/α-hetero) is 1. The van der Waals surface area contributed by atoms with E-state index >= 15 is 0 Å². The topological polar surface area (TPSA) is 29.1 Å². The molecule has 1 N–H and O–H groups in total. The van der Waals surface area contributed by atoms with Gasteiger partial charge in [-0.1, -0.05) is 12.3 Å². The number of carbonyl (C=O) groups is 1. The molecule has 0 radical (unpaired) electrons. The fourth-order valence-electron chi connectivity index (χ4n) is 1.35. The Morgan fingerprint density at radius 2 is 2.45 bits per heavy atom. The maximum absolute atomic E-state index is 11.2.